The molecule has 0 aromatic heterocycles. The Balaban J connectivity index is 1.74. The molecular formula is C18H19ClN2O4S. The van der Waals surface area contributed by atoms with Gasteiger partial charge in [-0.05, 0) is 30.7 Å². The Hall–Kier alpha value is -2.09. The van der Waals surface area contributed by atoms with Crippen molar-refractivity contribution in [1.29, 1.82) is 0 Å². The summed E-state index contributed by atoms with van der Waals surface area (Å²) >= 11 is 6.02. The Morgan fingerprint density at radius 2 is 1.69 bits per heavy atom. The van der Waals surface area contributed by atoms with Gasteiger partial charge in [0.2, 0.25) is 10.0 Å². The highest BCUT2D eigenvalue weighted by Gasteiger charge is 2.32. The summed E-state index contributed by atoms with van der Waals surface area (Å²) in [5, 5.41) is 10.3. The Kier molecular flexibility index (Phi) is 5.22. The number of carbonyl (C=O) groups excluding carboxylic acids is 1. The molecule has 0 atom stereocenters. The van der Waals surface area contributed by atoms with Gasteiger partial charge in [0, 0.05) is 26.2 Å². The zero-order valence-corrected chi connectivity index (χ0v) is 15.8. The quantitative estimate of drug-likeness (QED) is 0.867. The molecule has 26 heavy (non-hydrogen) atoms. The molecule has 6 nitrogen and oxygen atoms in total. The highest BCUT2D eigenvalue weighted by atomic mass is 35.5. The predicted molar refractivity (Wildman–Crippen MR) is 99.0 cm³/mol. The number of hydrogen-bond donors (Lipinski definition) is 1. The smallest absolute Gasteiger partial charge is 0.257 e. The van der Waals surface area contributed by atoms with Crippen molar-refractivity contribution in [3.8, 4) is 5.75 Å². The number of aryl methyl sites for hydroxylation is 1. The van der Waals surface area contributed by atoms with Gasteiger partial charge < -0.3 is 10.0 Å². The fraction of sp³-hybridized carbons (Fsp3) is 0.278. The van der Waals surface area contributed by atoms with E-state index in [1.807, 2.05) is 0 Å². The van der Waals surface area contributed by atoms with Gasteiger partial charge in [-0.3, -0.25) is 4.79 Å². The molecule has 0 saturated carbocycles. The summed E-state index contributed by atoms with van der Waals surface area (Å²) < 4.78 is 26.8. The highest BCUT2D eigenvalue weighted by Crippen LogP contribution is 2.26. The molecule has 3 rings (SSSR count). The van der Waals surface area contributed by atoms with Gasteiger partial charge in [-0.2, -0.15) is 4.31 Å². The van der Waals surface area contributed by atoms with Gasteiger partial charge in [0.15, 0.2) is 0 Å². The molecule has 2 aromatic carbocycles. The topological polar surface area (TPSA) is 77.9 Å². The fourth-order valence-electron chi connectivity index (χ4n) is 2.93. The number of benzene rings is 2. The molecule has 1 amide bonds. The van der Waals surface area contributed by atoms with Crippen molar-refractivity contribution in [3.05, 3.63) is 58.6 Å². The summed E-state index contributed by atoms with van der Waals surface area (Å²) in [7, 11) is -3.71. The number of phenols is 1. The van der Waals surface area contributed by atoms with Gasteiger partial charge in [0.25, 0.3) is 5.91 Å². The molecule has 1 saturated heterocycles. The number of nitrogens with zero attached hydrogens (tertiary/aromatic N) is 2. The van der Waals surface area contributed by atoms with Crippen LogP contribution < -0.4 is 0 Å². The molecule has 1 fully saturated rings. The van der Waals surface area contributed by atoms with Crippen molar-refractivity contribution >= 4 is 27.5 Å². The second-order valence-corrected chi connectivity index (χ2v) is 8.41. The maximum Gasteiger partial charge on any atom is 0.257 e. The molecule has 8 heteroatoms. The molecule has 2 aromatic rings. The third-order valence-corrected chi connectivity index (χ3v) is 6.85. The zero-order valence-electron chi connectivity index (χ0n) is 14.2. The van der Waals surface area contributed by atoms with Crippen LogP contribution in [0.15, 0.2) is 47.4 Å². The van der Waals surface area contributed by atoms with Gasteiger partial charge in [0.1, 0.15) is 10.6 Å². The van der Waals surface area contributed by atoms with E-state index in [0.717, 1.165) is 0 Å². The monoisotopic (exact) mass is 394 g/mol. The third-order valence-electron chi connectivity index (χ3n) is 4.45. The molecule has 0 aliphatic carbocycles. The number of amides is 1. The second-order valence-electron chi connectivity index (χ2n) is 6.10. The summed E-state index contributed by atoms with van der Waals surface area (Å²) in [6.07, 6.45) is 0. The summed E-state index contributed by atoms with van der Waals surface area (Å²) in [6.45, 7) is 2.56. The molecule has 0 unspecified atom stereocenters. The normalized spacial score (nSPS) is 15.8. The van der Waals surface area contributed by atoms with Gasteiger partial charge in [-0.15, -0.1) is 0 Å². The Morgan fingerprint density at radius 3 is 2.35 bits per heavy atom. The van der Waals surface area contributed by atoms with Gasteiger partial charge >= 0.3 is 0 Å². The van der Waals surface area contributed by atoms with E-state index in [2.05, 4.69) is 0 Å². The Bertz CT molecular complexity index is 938. The average Bonchev–Trinajstić information content (AvgIpc) is 2.64. The predicted octanol–water partition coefficient (Wildman–Crippen LogP) is 2.50. The first-order valence-electron chi connectivity index (χ1n) is 8.15. The van der Waals surface area contributed by atoms with Crippen molar-refractivity contribution in [2.24, 2.45) is 0 Å². The first kappa shape index (κ1) is 18.7. The highest BCUT2D eigenvalue weighted by molar-refractivity contribution is 7.89. The lowest BCUT2D eigenvalue weighted by Crippen LogP contribution is -2.50. The van der Waals surface area contributed by atoms with E-state index in [1.54, 1.807) is 42.2 Å². The largest absolute Gasteiger partial charge is 0.507 e. The summed E-state index contributed by atoms with van der Waals surface area (Å²) in [6, 6.07) is 11.3. The van der Waals surface area contributed by atoms with E-state index in [1.165, 1.54) is 16.4 Å². The number of rotatable bonds is 3. The lowest BCUT2D eigenvalue weighted by Gasteiger charge is -2.34. The maximum absolute atomic E-state index is 12.8. The van der Waals surface area contributed by atoms with E-state index >= 15 is 0 Å². The van der Waals surface area contributed by atoms with E-state index in [-0.39, 0.29) is 53.3 Å². The first-order chi connectivity index (χ1) is 12.3. The summed E-state index contributed by atoms with van der Waals surface area (Å²) in [5.74, 6) is -0.343. The lowest BCUT2D eigenvalue weighted by molar-refractivity contribution is 0.0694. The molecule has 0 spiro atoms. The summed E-state index contributed by atoms with van der Waals surface area (Å²) in [5.41, 5.74) is 0.850. The van der Waals surface area contributed by atoms with Crippen LogP contribution in [0.25, 0.3) is 0 Å². The Labute approximate surface area is 157 Å². The molecule has 138 valence electrons. The van der Waals surface area contributed by atoms with Crippen LogP contribution in [-0.2, 0) is 10.0 Å². The SMILES string of the molecule is Cc1cccc(C(=O)N2CCN(S(=O)(=O)c3ccccc3Cl)CC2)c1O. The standard InChI is InChI=1S/C18H19ClN2O4S/c1-13-5-4-6-14(17(13)22)18(23)20-9-11-21(12-10-20)26(24,25)16-8-3-2-7-15(16)19/h2-8,22H,9-12H2,1H3. The lowest BCUT2D eigenvalue weighted by atomic mass is 10.1. The van der Waals surface area contributed by atoms with Crippen LogP contribution >= 0.6 is 11.6 Å². The number of sulfonamides is 1. The van der Waals surface area contributed by atoms with Crippen molar-refractivity contribution in [2.75, 3.05) is 26.2 Å². The molecule has 1 aliphatic heterocycles. The van der Waals surface area contributed by atoms with Gasteiger partial charge in [-0.1, -0.05) is 35.9 Å². The molecule has 0 bridgehead atoms. The number of halogens is 1. The number of hydrogen-bond acceptors (Lipinski definition) is 4. The van der Waals surface area contributed by atoms with Crippen molar-refractivity contribution < 1.29 is 18.3 Å². The molecule has 1 aliphatic rings. The van der Waals surface area contributed by atoms with Crippen LogP contribution in [-0.4, -0.2) is 54.8 Å². The first-order valence-corrected chi connectivity index (χ1v) is 9.96. The van der Waals surface area contributed by atoms with E-state index in [9.17, 15) is 18.3 Å². The van der Waals surface area contributed by atoms with E-state index in [4.69, 9.17) is 11.6 Å². The third kappa shape index (κ3) is 3.42. The number of aromatic hydroxyl groups is 1. The number of piperazine rings is 1. The Morgan fingerprint density at radius 1 is 1.04 bits per heavy atom. The van der Waals surface area contributed by atoms with Crippen LogP contribution in [0.1, 0.15) is 15.9 Å². The van der Waals surface area contributed by atoms with E-state index < -0.39 is 10.0 Å². The van der Waals surface area contributed by atoms with Crippen molar-refractivity contribution in [2.45, 2.75) is 11.8 Å². The fourth-order valence-corrected chi connectivity index (χ4v) is 4.84. The van der Waals surface area contributed by atoms with Crippen LogP contribution in [0.4, 0.5) is 0 Å². The van der Waals surface area contributed by atoms with Gasteiger partial charge in [-0.25, -0.2) is 8.42 Å². The molecule has 0 radical (unpaired) electrons. The minimum Gasteiger partial charge on any atom is -0.507 e. The van der Waals surface area contributed by atoms with E-state index in [0.29, 0.717) is 5.56 Å². The van der Waals surface area contributed by atoms with Crippen LogP contribution in [0, 0.1) is 6.92 Å². The summed E-state index contributed by atoms with van der Waals surface area (Å²) in [4.78, 5) is 14.2. The second kappa shape index (κ2) is 7.26. The van der Waals surface area contributed by atoms with Crippen LogP contribution in [0.5, 0.6) is 5.75 Å². The van der Waals surface area contributed by atoms with Crippen molar-refractivity contribution in [3.63, 3.8) is 0 Å². The van der Waals surface area contributed by atoms with Crippen LogP contribution in [0.2, 0.25) is 5.02 Å². The average molecular weight is 395 g/mol. The molecule has 1 heterocycles. The molecule has 1 N–H and O–H groups in total. The van der Waals surface area contributed by atoms with Crippen molar-refractivity contribution in [1.82, 2.24) is 9.21 Å². The maximum atomic E-state index is 12.8. The minimum atomic E-state index is -3.71. The minimum absolute atomic E-state index is 0.0383. The van der Waals surface area contributed by atoms with Gasteiger partial charge in [0.05, 0.1) is 10.6 Å². The number of carbonyl (C=O) groups is 1. The number of phenolic OH excluding ortho intramolecular Hbond substituents is 1. The zero-order chi connectivity index (χ0) is 18.9. The van der Waals surface area contributed by atoms with Crippen LogP contribution in [0.3, 0.4) is 0 Å². The number of para-hydroxylation sites is 1. The molecular weight excluding hydrogens is 376 g/mol.